The van der Waals surface area contributed by atoms with Crippen molar-refractivity contribution < 1.29 is 13.9 Å². The summed E-state index contributed by atoms with van der Waals surface area (Å²) in [4.78, 5) is 14.3. The lowest BCUT2D eigenvalue weighted by Crippen LogP contribution is -2.10. The Bertz CT molecular complexity index is 1490. The van der Waals surface area contributed by atoms with Crippen LogP contribution in [0.2, 0.25) is 10.0 Å². The third-order valence-electron chi connectivity index (χ3n) is 5.04. The Morgan fingerprint density at radius 1 is 0.971 bits per heavy atom. The van der Waals surface area contributed by atoms with Crippen molar-refractivity contribution in [1.29, 1.82) is 0 Å². The zero-order valence-electron chi connectivity index (χ0n) is 18.0. The molecule has 34 heavy (non-hydrogen) atoms. The number of nitrogens with zero attached hydrogens (tertiary/aromatic N) is 3. The summed E-state index contributed by atoms with van der Waals surface area (Å²) in [5.41, 5.74) is 3.31. The largest absolute Gasteiger partial charge is 0.494 e. The number of benzene rings is 3. The number of carbonyl (C=O) groups is 1. The van der Waals surface area contributed by atoms with E-state index in [4.69, 9.17) is 32.4 Å². The van der Waals surface area contributed by atoms with E-state index in [0.29, 0.717) is 44.7 Å². The number of anilines is 1. The van der Waals surface area contributed by atoms with Crippen molar-refractivity contribution in [3.63, 3.8) is 0 Å². The molecule has 2 heterocycles. The van der Waals surface area contributed by atoms with Gasteiger partial charge in [0.05, 0.1) is 17.3 Å². The van der Waals surface area contributed by atoms with E-state index in [-0.39, 0.29) is 5.76 Å². The topological polar surface area (TPSA) is 82.2 Å². The van der Waals surface area contributed by atoms with Crippen LogP contribution in [-0.4, -0.2) is 27.5 Å². The maximum Gasteiger partial charge on any atom is 0.291 e. The minimum atomic E-state index is -0.400. The van der Waals surface area contributed by atoms with Crippen molar-refractivity contribution in [3.05, 3.63) is 88.6 Å². The molecular weight excluding hydrogens is 475 g/mol. The number of furan rings is 1. The summed E-state index contributed by atoms with van der Waals surface area (Å²) in [7, 11) is 0. The predicted octanol–water partition coefficient (Wildman–Crippen LogP) is 6.64. The molecule has 0 aliphatic rings. The molecule has 170 valence electrons. The predicted molar refractivity (Wildman–Crippen MR) is 132 cm³/mol. The second-order valence-corrected chi connectivity index (χ2v) is 8.21. The third kappa shape index (κ3) is 4.48. The number of halogens is 2. The van der Waals surface area contributed by atoms with Crippen LogP contribution in [0.4, 0.5) is 5.69 Å². The maximum atomic E-state index is 12.7. The number of rotatable bonds is 6. The molecule has 0 saturated heterocycles. The molecule has 0 unspecified atom stereocenters. The highest BCUT2D eigenvalue weighted by Gasteiger charge is 2.15. The van der Waals surface area contributed by atoms with Gasteiger partial charge in [-0.3, -0.25) is 4.79 Å². The molecule has 1 N–H and O–H groups in total. The molecule has 7 nitrogen and oxygen atoms in total. The standard InChI is InChI=1S/C25H18Cl2N4O3/c1-2-33-18-7-5-17(6-8-18)31-29-21-10-4-16(14-22(21)30-31)28-25(32)24-12-11-23(34-24)19-13-15(26)3-9-20(19)27/h3-14H,2H2,1H3,(H,28,32). The summed E-state index contributed by atoms with van der Waals surface area (Å²) in [6, 6.07) is 21.1. The van der Waals surface area contributed by atoms with E-state index >= 15 is 0 Å². The zero-order chi connectivity index (χ0) is 23.7. The average Bonchev–Trinajstić information content (AvgIpc) is 3.49. The first-order valence-corrected chi connectivity index (χ1v) is 11.2. The molecule has 5 rings (SSSR count). The van der Waals surface area contributed by atoms with E-state index in [1.807, 2.05) is 31.2 Å². The van der Waals surface area contributed by atoms with Crippen LogP contribution in [0.25, 0.3) is 28.0 Å². The third-order valence-corrected chi connectivity index (χ3v) is 5.61. The molecule has 0 radical (unpaired) electrons. The molecule has 0 atom stereocenters. The second kappa shape index (κ2) is 9.21. The van der Waals surface area contributed by atoms with Gasteiger partial charge in [0.1, 0.15) is 22.5 Å². The molecule has 5 aromatic rings. The Kier molecular flexibility index (Phi) is 5.96. The van der Waals surface area contributed by atoms with Gasteiger partial charge in [-0.25, -0.2) is 0 Å². The van der Waals surface area contributed by atoms with Crippen LogP contribution >= 0.6 is 23.2 Å². The van der Waals surface area contributed by atoms with Gasteiger partial charge in [0.2, 0.25) is 0 Å². The lowest BCUT2D eigenvalue weighted by Gasteiger charge is -2.04. The summed E-state index contributed by atoms with van der Waals surface area (Å²) in [6.45, 7) is 2.54. The number of fused-ring (bicyclic) bond motifs is 1. The molecule has 0 bridgehead atoms. The van der Waals surface area contributed by atoms with Crippen molar-refractivity contribution >= 4 is 45.8 Å². The van der Waals surface area contributed by atoms with Gasteiger partial charge in [-0.05, 0) is 79.7 Å². The first-order valence-electron chi connectivity index (χ1n) is 10.5. The Hall–Kier alpha value is -3.81. The Balaban J connectivity index is 1.34. The smallest absolute Gasteiger partial charge is 0.291 e. The molecule has 0 fully saturated rings. The number of amides is 1. The number of ether oxygens (including phenoxy) is 1. The lowest BCUT2D eigenvalue weighted by molar-refractivity contribution is 0.0997. The van der Waals surface area contributed by atoms with Gasteiger partial charge in [-0.2, -0.15) is 4.80 Å². The summed E-state index contributed by atoms with van der Waals surface area (Å²) >= 11 is 12.3. The van der Waals surface area contributed by atoms with Crippen LogP contribution in [0.5, 0.6) is 5.75 Å². The molecule has 0 saturated carbocycles. The fourth-order valence-corrected chi connectivity index (χ4v) is 3.82. The van der Waals surface area contributed by atoms with Gasteiger partial charge in [0.15, 0.2) is 5.76 Å². The van der Waals surface area contributed by atoms with Crippen LogP contribution in [-0.2, 0) is 0 Å². The van der Waals surface area contributed by atoms with Gasteiger partial charge in [-0.15, -0.1) is 10.2 Å². The van der Waals surface area contributed by atoms with Crippen LogP contribution in [0.3, 0.4) is 0 Å². The lowest BCUT2D eigenvalue weighted by atomic mass is 10.2. The maximum absolute atomic E-state index is 12.7. The van der Waals surface area contributed by atoms with Gasteiger partial charge in [0, 0.05) is 16.3 Å². The molecule has 3 aromatic carbocycles. The highest BCUT2D eigenvalue weighted by molar-refractivity contribution is 6.35. The number of hydrogen-bond donors (Lipinski definition) is 1. The highest BCUT2D eigenvalue weighted by Crippen LogP contribution is 2.32. The van der Waals surface area contributed by atoms with E-state index in [2.05, 4.69) is 15.5 Å². The molecule has 0 spiro atoms. The van der Waals surface area contributed by atoms with Gasteiger partial charge < -0.3 is 14.5 Å². The second-order valence-electron chi connectivity index (χ2n) is 7.36. The van der Waals surface area contributed by atoms with Crippen molar-refractivity contribution in [2.45, 2.75) is 6.92 Å². The fourth-order valence-electron chi connectivity index (χ4n) is 3.43. The normalized spacial score (nSPS) is 11.0. The Morgan fingerprint density at radius 2 is 1.76 bits per heavy atom. The molecule has 1 amide bonds. The van der Waals surface area contributed by atoms with E-state index in [1.165, 1.54) is 0 Å². The number of nitrogens with one attached hydrogen (secondary N) is 1. The molecule has 9 heteroatoms. The summed E-state index contributed by atoms with van der Waals surface area (Å²) in [6.07, 6.45) is 0. The SMILES string of the molecule is CCOc1ccc(-n2nc3ccc(NC(=O)c4ccc(-c5cc(Cl)ccc5Cl)o4)cc3n2)cc1. The van der Waals surface area contributed by atoms with Crippen molar-refractivity contribution in [2.24, 2.45) is 0 Å². The van der Waals surface area contributed by atoms with E-state index in [9.17, 15) is 4.79 Å². The Labute approximate surface area is 204 Å². The molecule has 0 aliphatic heterocycles. The first kappa shape index (κ1) is 22.0. The number of hydrogen-bond acceptors (Lipinski definition) is 5. The first-order chi connectivity index (χ1) is 16.5. The van der Waals surface area contributed by atoms with Crippen LogP contribution in [0, 0.1) is 0 Å². The van der Waals surface area contributed by atoms with Crippen molar-refractivity contribution in [1.82, 2.24) is 15.0 Å². The summed E-state index contributed by atoms with van der Waals surface area (Å²) < 4.78 is 11.2. The van der Waals surface area contributed by atoms with Crippen LogP contribution in [0.1, 0.15) is 17.5 Å². The quantitative estimate of drug-likeness (QED) is 0.287. The molecule has 2 aromatic heterocycles. The Morgan fingerprint density at radius 3 is 2.56 bits per heavy atom. The van der Waals surface area contributed by atoms with E-state index in [1.54, 1.807) is 53.3 Å². The summed E-state index contributed by atoms with van der Waals surface area (Å²) in [5.74, 6) is 0.977. The van der Waals surface area contributed by atoms with Gasteiger partial charge in [0.25, 0.3) is 5.91 Å². The number of aromatic nitrogens is 3. The van der Waals surface area contributed by atoms with Gasteiger partial charge >= 0.3 is 0 Å². The van der Waals surface area contributed by atoms with Crippen molar-refractivity contribution in [3.8, 4) is 22.8 Å². The average molecular weight is 493 g/mol. The van der Waals surface area contributed by atoms with Gasteiger partial charge in [-0.1, -0.05) is 23.2 Å². The zero-order valence-corrected chi connectivity index (χ0v) is 19.5. The van der Waals surface area contributed by atoms with E-state index in [0.717, 1.165) is 11.4 Å². The van der Waals surface area contributed by atoms with Crippen molar-refractivity contribution in [2.75, 3.05) is 11.9 Å². The highest BCUT2D eigenvalue weighted by atomic mass is 35.5. The van der Waals surface area contributed by atoms with Crippen LogP contribution < -0.4 is 10.1 Å². The summed E-state index contributed by atoms with van der Waals surface area (Å²) in [5, 5.41) is 12.8. The fraction of sp³-hybridized carbons (Fsp3) is 0.0800. The minimum absolute atomic E-state index is 0.143. The molecule has 0 aliphatic carbocycles. The molecular formula is C25H18Cl2N4O3. The minimum Gasteiger partial charge on any atom is -0.494 e. The monoisotopic (exact) mass is 492 g/mol. The van der Waals surface area contributed by atoms with Crippen LogP contribution in [0.15, 0.2) is 77.2 Å². The van der Waals surface area contributed by atoms with E-state index < -0.39 is 5.91 Å². The number of carbonyl (C=O) groups excluding carboxylic acids is 1.